The standard InChI is InChI=1S/C22H30N4O2/c1-3-23-22(25-13-12-24-21(27)20-10-7-15-28-20)26-14-11-19(17(2)16-26)18-8-5-4-6-9-18/h4-10,15,17,19H,3,11-14,16H2,1-2H3,(H,23,25)(H,24,27). The molecule has 0 saturated carbocycles. The maximum Gasteiger partial charge on any atom is 0.287 e. The van der Waals surface area contributed by atoms with E-state index in [1.165, 1.54) is 11.8 Å². The number of rotatable bonds is 6. The summed E-state index contributed by atoms with van der Waals surface area (Å²) in [7, 11) is 0. The smallest absolute Gasteiger partial charge is 0.287 e. The van der Waals surface area contributed by atoms with Crippen molar-refractivity contribution in [1.82, 2.24) is 15.5 Å². The second-order valence-electron chi connectivity index (χ2n) is 7.20. The number of furan rings is 1. The lowest BCUT2D eigenvalue weighted by atomic mass is 9.82. The third-order valence-corrected chi connectivity index (χ3v) is 5.17. The van der Waals surface area contributed by atoms with E-state index in [1.54, 1.807) is 12.1 Å². The normalized spacial score (nSPS) is 20.1. The number of likely N-dealkylation sites (tertiary alicyclic amines) is 1. The first kappa shape index (κ1) is 20.0. The first-order valence-electron chi connectivity index (χ1n) is 10.1. The second kappa shape index (κ2) is 9.97. The van der Waals surface area contributed by atoms with Crippen molar-refractivity contribution in [2.75, 3.05) is 32.7 Å². The van der Waals surface area contributed by atoms with Gasteiger partial charge in [0.05, 0.1) is 12.8 Å². The lowest BCUT2D eigenvalue weighted by Gasteiger charge is -2.39. The predicted molar refractivity (Wildman–Crippen MR) is 112 cm³/mol. The maximum atomic E-state index is 11.9. The Hall–Kier alpha value is -2.76. The molecule has 3 rings (SSSR count). The summed E-state index contributed by atoms with van der Waals surface area (Å²) in [4.78, 5) is 19.0. The number of amides is 1. The average molecular weight is 383 g/mol. The second-order valence-corrected chi connectivity index (χ2v) is 7.20. The fourth-order valence-corrected chi connectivity index (χ4v) is 3.79. The van der Waals surface area contributed by atoms with Crippen molar-refractivity contribution in [1.29, 1.82) is 0 Å². The SMILES string of the molecule is CCNC(=NCCNC(=O)c1ccco1)N1CCC(c2ccccc2)C(C)C1. The molecule has 0 aliphatic carbocycles. The van der Waals surface area contributed by atoms with Crippen LogP contribution < -0.4 is 10.6 Å². The fourth-order valence-electron chi connectivity index (χ4n) is 3.79. The van der Waals surface area contributed by atoms with Crippen LogP contribution in [-0.2, 0) is 0 Å². The summed E-state index contributed by atoms with van der Waals surface area (Å²) in [6.07, 6.45) is 2.61. The molecule has 1 aliphatic rings. The Balaban J connectivity index is 1.53. The minimum atomic E-state index is -0.206. The van der Waals surface area contributed by atoms with Gasteiger partial charge in [0, 0.05) is 26.2 Å². The number of aliphatic imine (C=N–C) groups is 1. The molecule has 0 spiro atoms. The van der Waals surface area contributed by atoms with Crippen LogP contribution >= 0.6 is 0 Å². The summed E-state index contributed by atoms with van der Waals surface area (Å²) >= 11 is 0. The molecular weight excluding hydrogens is 352 g/mol. The zero-order valence-electron chi connectivity index (χ0n) is 16.7. The van der Waals surface area contributed by atoms with Gasteiger partial charge in [-0.15, -0.1) is 0 Å². The number of nitrogens with one attached hydrogen (secondary N) is 2. The number of benzene rings is 1. The van der Waals surface area contributed by atoms with Gasteiger partial charge in [0.15, 0.2) is 11.7 Å². The van der Waals surface area contributed by atoms with Crippen molar-refractivity contribution in [3.05, 3.63) is 60.1 Å². The van der Waals surface area contributed by atoms with E-state index >= 15 is 0 Å². The van der Waals surface area contributed by atoms with Gasteiger partial charge in [-0.2, -0.15) is 0 Å². The minimum Gasteiger partial charge on any atom is -0.459 e. The van der Waals surface area contributed by atoms with Gasteiger partial charge in [-0.3, -0.25) is 9.79 Å². The minimum absolute atomic E-state index is 0.206. The van der Waals surface area contributed by atoms with Gasteiger partial charge in [0.2, 0.25) is 0 Å². The highest BCUT2D eigenvalue weighted by Gasteiger charge is 2.28. The van der Waals surface area contributed by atoms with Gasteiger partial charge in [0.1, 0.15) is 0 Å². The van der Waals surface area contributed by atoms with Gasteiger partial charge in [-0.25, -0.2) is 0 Å². The molecule has 6 heteroatoms. The van der Waals surface area contributed by atoms with Crippen molar-refractivity contribution < 1.29 is 9.21 Å². The van der Waals surface area contributed by atoms with Crippen LogP contribution in [0.5, 0.6) is 0 Å². The molecule has 2 unspecified atom stereocenters. The van der Waals surface area contributed by atoms with Gasteiger partial charge < -0.3 is 20.0 Å². The van der Waals surface area contributed by atoms with Crippen LogP contribution in [0, 0.1) is 5.92 Å². The van der Waals surface area contributed by atoms with E-state index in [2.05, 4.69) is 59.7 Å². The quantitative estimate of drug-likeness (QED) is 0.458. The van der Waals surface area contributed by atoms with E-state index < -0.39 is 0 Å². The molecule has 0 bridgehead atoms. The van der Waals surface area contributed by atoms with Crippen molar-refractivity contribution in [2.45, 2.75) is 26.2 Å². The van der Waals surface area contributed by atoms with Crippen LogP contribution in [0.4, 0.5) is 0 Å². The van der Waals surface area contributed by atoms with Crippen molar-refractivity contribution in [2.24, 2.45) is 10.9 Å². The van der Waals surface area contributed by atoms with Crippen molar-refractivity contribution >= 4 is 11.9 Å². The van der Waals surface area contributed by atoms with Crippen LogP contribution in [0.1, 0.15) is 42.3 Å². The molecule has 1 amide bonds. The summed E-state index contributed by atoms with van der Waals surface area (Å²) in [5.74, 6) is 2.19. The molecule has 1 aliphatic heterocycles. The van der Waals surface area contributed by atoms with Crippen molar-refractivity contribution in [3.8, 4) is 0 Å². The molecule has 1 saturated heterocycles. The van der Waals surface area contributed by atoms with Gasteiger partial charge in [-0.05, 0) is 42.9 Å². The summed E-state index contributed by atoms with van der Waals surface area (Å²) in [6, 6.07) is 14.1. The summed E-state index contributed by atoms with van der Waals surface area (Å²) in [6.45, 7) is 8.18. The molecular formula is C22H30N4O2. The highest BCUT2D eigenvalue weighted by atomic mass is 16.3. The topological polar surface area (TPSA) is 69.9 Å². The van der Waals surface area contributed by atoms with E-state index in [0.717, 1.165) is 32.0 Å². The lowest BCUT2D eigenvalue weighted by molar-refractivity contribution is 0.0927. The Bertz CT molecular complexity index is 758. The Morgan fingerprint density at radius 3 is 2.71 bits per heavy atom. The number of carbonyl (C=O) groups is 1. The Kier molecular flexibility index (Phi) is 7.12. The highest BCUT2D eigenvalue weighted by molar-refractivity contribution is 5.91. The van der Waals surface area contributed by atoms with E-state index in [0.29, 0.717) is 30.7 Å². The summed E-state index contributed by atoms with van der Waals surface area (Å²) in [5.41, 5.74) is 1.43. The van der Waals surface area contributed by atoms with Crippen LogP contribution in [0.15, 0.2) is 58.1 Å². The summed E-state index contributed by atoms with van der Waals surface area (Å²) in [5, 5.41) is 6.22. The van der Waals surface area contributed by atoms with Crippen LogP contribution in [0.3, 0.4) is 0 Å². The molecule has 2 heterocycles. The van der Waals surface area contributed by atoms with Gasteiger partial charge >= 0.3 is 0 Å². The molecule has 1 fully saturated rings. The molecule has 0 radical (unpaired) electrons. The lowest BCUT2D eigenvalue weighted by Crippen LogP contribution is -2.48. The van der Waals surface area contributed by atoms with Gasteiger partial charge in [-0.1, -0.05) is 37.3 Å². The third kappa shape index (κ3) is 5.15. The van der Waals surface area contributed by atoms with E-state index in [9.17, 15) is 4.79 Å². The first-order chi connectivity index (χ1) is 13.7. The Morgan fingerprint density at radius 2 is 2.04 bits per heavy atom. The third-order valence-electron chi connectivity index (χ3n) is 5.17. The monoisotopic (exact) mass is 382 g/mol. The van der Waals surface area contributed by atoms with Crippen LogP contribution in [0.2, 0.25) is 0 Å². The first-order valence-corrected chi connectivity index (χ1v) is 10.1. The molecule has 2 aromatic rings. The number of carbonyl (C=O) groups excluding carboxylic acids is 1. The van der Waals surface area contributed by atoms with Crippen molar-refractivity contribution in [3.63, 3.8) is 0 Å². The molecule has 6 nitrogen and oxygen atoms in total. The fraction of sp³-hybridized carbons (Fsp3) is 0.455. The number of hydrogen-bond donors (Lipinski definition) is 2. The van der Waals surface area contributed by atoms with E-state index in [4.69, 9.17) is 9.41 Å². The zero-order valence-corrected chi connectivity index (χ0v) is 16.7. The largest absolute Gasteiger partial charge is 0.459 e. The van der Waals surface area contributed by atoms with Gasteiger partial charge in [0.25, 0.3) is 5.91 Å². The molecule has 1 aromatic heterocycles. The number of guanidine groups is 1. The summed E-state index contributed by atoms with van der Waals surface area (Å²) < 4.78 is 5.10. The van der Waals surface area contributed by atoms with E-state index in [-0.39, 0.29) is 5.91 Å². The van der Waals surface area contributed by atoms with E-state index in [1.807, 2.05) is 0 Å². The molecule has 150 valence electrons. The molecule has 2 atom stereocenters. The number of piperidine rings is 1. The molecule has 28 heavy (non-hydrogen) atoms. The predicted octanol–water partition coefficient (Wildman–Crippen LogP) is 3.10. The molecule has 2 N–H and O–H groups in total. The number of nitrogens with zero attached hydrogens (tertiary/aromatic N) is 2. The van der Waals surface area contributed by atoms with Crippen LogP contribution in [-0.4, -0.2) is 49.5 Å². The zero-order chi connectivity index (χ0) is 19.8. The molecule has 1 aromatic carbocycles. The number of hydrogen-bond acceptors (Lipinski definition) is 3. The maximum absolute atomic E-state index is 11.9. The highest BCUT2D eigenvalue weighted by Crippen LogP contribution is 2.32. The van der Waals surface area contributed by atoms with Crippen LogP contribution in [0.25, 0.3) is 0 Å². The average Bonchev–Trinajstić information content (AvgIpc) is 3.26. The Morgan fingerprint density at radius 1 is 1.21 bits per heavy atom. The Labute approximate surface area is 167 Å².